The van der Waals surface area contributed by atoms with E-state index in [2.05, 4.69) is 33.0 Å². The Morgan fingerprint density at radius 3 is 2.38 bits per heavy atom. The first kappa shape index (κ1) is 10.3. The molecule has 0 bridgehead atoms. The van der Waals surface area contributed by atoms with Crippen LogP contribution in [0.15, 0.2) is 22.4 Å². The monoisotopic (exact) mass is 181 g/mol. The molecule has 0 atom stereocenters. The van der Waals surface area contributed by atoms with Gasteiger partial charge in [0.25, 0.3) is 0 Å². The number of allylic oxidation sites excluding steroid dienone is 2. The van der Waals surface area contributed by atoms with Gasteiger partial charge in [-0.15, -0.1) is 0 Å². The van der Waals surface area contributed by atoms with Gasteiger partial charge in [0.15, 0.2) is 0 Å². The second-order valence-electron chi connectivity index (χ2n) is 3.83. The maximum absolute atomic E-state index is 5.49. The van der Waals surface area contributed by atoms with Crippen LogP contribution in [0.3, 0.4) is 0 Å². The molecule has 1 aliphatic rings. The highest BCUT2D eigenvalue weighted by molar-refractivity contribution is 5.36. The Morgan fingerprint density at radius 2 is 1.85 bits per heavy atom. The highest BCUT2D eigenvalue weighted by Gasteiger charge is 2.11. The molecule has 0 aromatic heterocycles. The number of rotatable bonds is 0. The van der Waals surface area contributed by atoms with Crippen LogP contribution < -0.4 is 5.32 Å². The quantitative estimate of drug-likeness (QED) is 0.619. The number of hydrogen-bond donors (Lipinski definition) is 1. The molecule has 0 unspecified atom stereocenters. The lowest BCUT2D eigenvalue weighted by Crippen LogP contribution is -2.17. The van der Waals surface area contributed by atoms with Crippen molar-refractivity contribution in [3.63, 3.8) is 0 Å². The summed E-state index contributed by atoms with van der Waals surface area (Å²) in [4.78, 5) is 0. The SMILES string of the molecule is CC(C)=C1COCCNC1=C(C)C. The summed E-state index contributed by atoms with van der Waals surface area (Å²) in [5.74, 6) is 0. The van der Waals surface area contributed by atoms with Crippen LogP contribution >= 0.6 is 0 Å². The van der Waals surface area contributed by atoms with Crippen molar-refractivity contribution in [2.75, 3.05) is 19.8 Å². The normalized spacial score (nSPS) is 17.8. The maximum atomic E-state index is 5.49. The van der Waals surface area contributed by atoms with Crippen LogP contribution in [0.1, 0.15) is 27.7 Å². The lowest BCUT2D eigenvalue weighted by Gasteiger charge is -2.13. The Morgan fingerprint density at radius 1 is 1.15 bits per heavy atom. The summed E-state index contributed by atoms with van der Waals surface area (Å²) in [6, 6.07) is 0. The topological polar surface area (TPSA) is 21.3 Å². The third kappa shape index (κ3) is 2.59. The standard InChI is InChI=1S/C11H19NO/c1-8(2)10-7-13-6-5-12-11(10)9(3)4/h12H,5-7H2,1-4H3. The Bertz CT molecular complexity index is 217. The van der Waals surface area contributed by atoms with Gasteiger partial charge in [-0.25, -0.2) is 0 Å². The minimum absolute atomic E-state index is 0.746. The van der Waals surface area contributed by atoms with Gasteiger partial charge in [-0.05, 0) is 33.3 Å². The average Bonchev–Trinajstić information content (AvgIpc) is 2.27. The summed E-state index contributed by atoms with van der Waals surface area (Å²) in [5.41, 5.74) is 5.27. The van der Waals surface area contributed by atoms with Crippen LogP contribution in [0.25, 0.3) is 0 Å². The third-order valence-corrected chi connectivity index (χ3v) is 2.20. The van der Waals surface area contributed by atoms with Gasteiger partial charge >= 0.3 is 0 Å². The summed E-state index contributed by atoms with van der Waals surface area (Å²) in [7, 11) is 0. The number of hydrogen-bond acceptors (Lipinski definition) is 2. The van der Waals surface area contributed by atoms with Gasteiger partial charge in [0.2, 0.25) is 0 Å². The van der Waals surface area contributed by atoms with E-state index < -0.39 is 0 Å². The molecule has 0 amide bonds. The average molecular weight is 181 g/mol. The van der Waals surface area contributed by atoms with Crippen LogP contribution in [0.4, 0.5) is 0 Å². The second kappa shape index (κ2) is 4.47. The van der Waals surface area contributed by atoms with Gasteiger partial charge in [0.1, 0.15) is 0 Å². The fourth-order valence-electron chi connectivity index (χ4n) is 1.47. The zero-order valence-corrected chi connectivity index (χ0v) is 9.03. The fraction of sp³-hybridized carbons (Fsp3) is 0.636. The molecule has 1 fully saturated rings. The van der Waals surface area contributed by atoms with E-state index in [4.69, 9.17) is 4.74 Å². The highest BCUT2D eigenvalue weighted by Crippen LogP contribution is 2.18. The molecule has 0 aliphatic carbocycles. The fourth-order valence-corrected chi connectivity index (χ4v) is 1.47. The zero-order chi connectivity index (χ0) is 9.84. The molecular formula is C11H19NO. The van der Waals surface area contributed by atoms with E-state index in [0.717, 1.165) is 19.8 Å². The molecule has 2 nitrogen and oxygen atoms in total. The Balaban J connectivity index is 3.01. The van der Waals surface area contributed by atoms with Crippen molar-refractivity contribution in [2.45, 2.75) is 27.7 Å². The first-order valence-corrected chi connectivity index (χ1v) is 4.78. The van der Waals surface area contributed by atoms with Crippen molar-refractivity contribution < 1.29 is 4.74 Å². The van der Waals surface area contributed by atoms with Crippen molar-refractivity contribution >= 4 is 0 Å². The lowest BCUT2D eigenvalue weighted by molar-refractivity contribution is 0.169. The molecule has 2 heteroatoms. The molecule has 0 saturated carbocycles. The molecule has 0 aromatic carbocycles. The molecule has 0 radical (unpaired) electrons. The summed E-state index contributed by atoms with van der Waals surface area (Å²) in [6.45, 7) is 11.0. The molecule has 0 aromatic rings. The maximum Gasteiger partial charge on any atom is 0.0737 e. The largest absolute Gasteiger partial charge is 0.382 e. The van der Waals surface area contributed by atoms with Crippen molar-refractivity contribution in [1.82, 2.24) is 5.32 Å². The van der Waals surface area contributed by atoms with Crippen molar-refractivity contribution in [3.8, 4) is 0 Å². The van der Waals surface area contributed by atoms with Crippen molar-refractivity contribution in [3.05, 3.63) is 22.4 Å². The van der Waals surface area contributed by atoms with E-state index in [1.165, 1.54) is 22.4 Å². The van der Waals surface area contributed by atoms with Gasteiger partial charge < -0.3 is 10.1 Å². The molecule has 1 saturated heterocycles. The van der Waals surface area contributed by atoms with Gasteiger partial charge in [0.05, 0.1) is 13.2 Å². The van der Waals surface area contributed by atoms with E-state index in [9.17, 15) is 0 Å². The van der Waals surface area contributed by atoms with Gasteiger partial charge in [-0.1, -0.05) is 11.1 Å². The Labute approximate surface area is 80.7 Å². The third-order valence-electron chi connectivity index (χ3n) is 2.20. The van der Waals surface area contributed by atoms with Gasteiger partial charge in [-0.2, -0.15) is 0 Å². The minimum Gasteiger partial charge on any atom is -0.382 e. The van der Waals surface area contributed by atoms with E-state index in [-0.39, 0.29) is 0 Å². The van der Waals surface area contributed by atoms with Crippen LogP contribution in [-0.4, -0.2) is 19.8 Å². The van der Waals surface area contributed by atoms with Crippen LogP contribution in [-0.2, 0) is 4.74 Å². The summed E-state index contributed by atoms with van der Waals surface area (Å²) < 4.78 is 5.49. The number of ether oxygens (including phenoxy) is 1. The first-order chi connectivity index (χ1) is 6.13. The van der Waals surface area contributed by atoms with Crippen molar-refractivity contribution in [1.29, 1.82) is 0 Å². The second-order valence-corrected chi connectivity index (χ2v) is 3.83. The van der Waals surface area contributed by atoms with Gasteiger partial charge in [-0.3, -0.25) is 0 Å². The van der Waals surface area contributed by atoms with E-state index in [1.54, 1.807) is 0 Å². The summed E-state index contributed by atoms with van der Waals surface area (Å²) in [5, 5.41) is 3.41. The minimum atomic E-state index is 0.746. The van der Waals surface area contributed by atoms with Crippen LogP contribution in [0.2, 0.25) is 0 Å². The van der Waals surface area contributed by atoms with E-state index in [1.807, 2.05) is 0 Å². The van der Waals surface area contributed by atoms with E-state index in [0.29, 0.717) is 0 Å². The summed E-state index contributed by atoms with van der Waals surface area (Å²) >= 11 is 0. The smallest absolute Gasteiger partial charge is 0.0737 e. The highest BCUT2D eigenvalue weighted by atomic mass is 16.5. The van der Waals surface area contributed by atoms with Crippen LogP contribution in [0, 0.1) is 0 Å². The molecule has 1 rings (SSSR count). The molecule has 74 valence electrons. The predicted molar refractivity (Wildman–Crippen MR) is 55.6 cm³/mol. The molecule has 1 heterocycles. The number of nitrogens with one attached hydrogen (secondary N) is 1. The summed E-state index contributed by atoms with van der Waals surface area (Å²) in [6.07, 6.45) is 0. The molecule has 1 N–H and O–H groups in total. The predicted octanol–water partition coefficient (Wildman–Crippen LogP) is 2.24. The molecule has 13 heavy (non-hydrogen) atoms. The zero-order valence-electron chi connectivity index (χ0n) is 9.03. The van der Waals surface area contributed by atoms with E-state index >= 15 is 0 Å². The van der Waals surface area contributed by atoms with Gasteiger partial charge in [0, 0.05) is 12.2 Å². The molecule has 1 aliphatic heterocycles. The lowest BCUT2D eigenvalue weighted by atomic mass is 10.0. The van der Waals surface area contributed by atoms with Crippen LogP contribution in [0.5, 0.6) is 0 Å². The Kier molecular flexibility index (Phi) is 3.55. The Hall–Kier alpha value is -0.760. The molecular weight excluding hydrogens is 162 g/mol. The first-order valence-electron chi connectivity index (χ1n) is 4.78. The van der Waals surface area contributed by atoms with Crippen molar-refractivity contribution in [2.24, 2.45) is 0 Å². The molecule has 0 spiro atoms.